The summed E-state index contributed by atoms with van der Waals surface area (Å²) in [6.45, 7) is 2.93. The van der Waals surface area contributed by atoms with Crippen molar-refractivity contribution in [2.45, 2.75) is 13.3 Å². The molecular weight excluding hydrogens is 269 g/mol. The quantitative estimate of drug-likeness (QED) is 0.710. The van der Waals surface area contributed by atoms with Crippen molar-refractivity contribution >= 4 is 22.5 Å². The number of nitrogen functional groups attached to an aromatic ring is 1. The molecule has 0 saturated carbocycles. The van der Waals surface area contributed by atoms with E-state index in [9.17, 15) is 4.39 Å². The number of hydrogen-bond acceptors (Lipinski definition) is 4. The van der Waals surface area contributed by atoms with Crippen LogP contribution in [0, 0.1) is 5.82 Å². The molecule has 0 radical (unpaired) electrons. The van der Waals surface area contributed by atoms with Gasteiger partial charge >= 0.3 is 0 Å². The van der Waals surface area contributed by atoms with Crippen LogP contribution in [0.15, 0.2) is 40.8 Å². The molecular formula is C16H16FN3O. The monoisotopic (exact) mass is 285 g/mol. The summed E-state index contributed by atoms with van der Waals surface area (Å²) < 4.78 is 19.0. The van der Waals surface area contributed by atoms with Crippen LogP contribution < -0.4 is 11.1 Å². The Labute approximate surface area is 121 Å². The van der Waals surface area contributed by atoms with E-state index in [0.29, 0.717) is 22.7 Å². The number of nitrogens with two attached hydrogens (primary N) is 1. The lowest BCUT2D eigenvalue weighted by atomic mass is 10.1. The number of fused-ring (bicyclic) bond motifs is 1. The van der Waals surface area contributed by atoms with Gasteiger partial charge in [0, 0.05) is 24.0 Å². The van der Waals surface area contributed by atoms with Gasteiger partial charge in [0.15, 0.2) is 5.58 Å². The highest BCUT2D eigenvalue weighted by atomic mass is 19.1. The minimum atomic E-state index is -0.334. The van der Waals surface area contributed by atoms with Gasteiger partial charge in [0.1, 0.15) is 11.3 Å². The lowest BCUT2D eigenvalue weighted by Crippen LogP contribution is -2.02. The van der Waals surface area contributed by atoms with Crippen LogP contribution in [0.25, 0.3) is 22.6 Å². The van der Waals surface area contributed by atoms with Crippen LogP contribution in [0.4, 0.5) is 15.8 Å². The maximum atomic E-state index is 13.2. The zero-order chi connectivity index (χ0) is 14.8. The molecule has 0 aliphatic carbocycles. The fourth-order valence-electron chi connectivity index (χ4n) is 2.17. The van der Waals surface area contributed by atoms with Crippen molar-refractivity contribution in [3.63, 3.8) is 0 Å². The molecule has 0 bridgehead atoms. The van der Waals surface area contributed by atoms with E-state index in [-0.39, 0.29) is 5.82 Å². The largest absolute Gasteiger partial charge is 0.436 e. The van der Waals surface area contributed by atoms with E-state index in [1.54, 1.807) is 12.1 Å². The third-order valence-corrected chi connectivity index (χ3v) is 3.19. The molecule has 3 rings (SSSR count). The second kappa shape index (κ2) is 5.44. The third kappa shape index (κ3) is 2.67. The third-order valence-electron chi connectivity index (χ3n) is 3.19. The van der Waals surface area contributed by atoms with Crippen molar-refractivity contribution in [3.05, 3.63) is 42.2 Å². The molecule has 4 nitrogen and oxygen atoms in total. The lowest BCUT2D eigenvalue weighted by molar-refractivity contribution is 0.614. The molecule has 1 heterocycles. The first-order valence-corrected chi connectivity index (χ1v) is 6.87. The Morgan fingerprint density at radius 1 is 1.24 bits per heavy atom. The van der Waals surface area contributed by atoms with E-state index in [0.717, 1.165) is 24.2 Å². The molecule has 0 fully saturated rings. The highest BCUT2D eigenvalue weighted by Gasteiger charge is 2.13. The summed E-state index contributed by atoms with van der Waals surface area (Å²) in [5.74, 6) is 0.0979. The summed E-state index contributed by atoms with van der Waals surface area (Å²) in [7, 11) is 0. The van der Waals surface area contributed by atoms with Crippen LogP contribution in [-0.2, 0) is 0 Å². The summed E-state index contributed by atoms with van der Waals surface area (Å²) in [6.07, 6.45) is 1.00. The van der Waals surface area contributed by atoms with Crippen molar-refractivity contribution in [2.75, 3.05) is 17.6 Å². The topological polar surface area (TPSA) is 64.1 Å². The van der Waals surface area contributed by atoms with Gasteiger partial charge in [0.05, 0.1) is 5.56 Å². The van der Waals surface area contributed by atoms with Gasteiger partial charge in [-0.2, -0.15) is 0 Å². The van der Waals surface area contributed by atoms with Gasteiger partial charge in [-0.1, -0.05) is 6.92 Å². The van der Waals surface area contributed by atoms with Crippen LogP contribution in [0.2, 0.25) is 0 Å². The summed E-state index contributed by atoms with van der Waals surface area (Å²) in [5.41, 5.74) is 9.20. The average Bonchev–Trinajstić information content (AvgIpc) is 2.88. The fraction of sp³-hybridized carbons (Fsp3) is 0.188. The summed E-state index contributed by atoms with van der Waals surface area (Å²) >= 11 is 0. The van der Waals surface area contributed by atoms with Crippen molar-refractivity contribution < 1.29 is 8.81 Å². The predicted molar refractivity (Wildman–Crippen MR) is 82.6 cm³/mol. The molecule has 0 atom stereocenters. The van der Waals surface area contributed by atoms with Crippen LogP contribution in [0.1, 0.15) is 13.3 Å². The summed E-state index contributed by atoms with van der Waals surface area (Å²) in [4.78, 5) is 4.35. The molecule has 0 aliphatic heterocycles. The van der Waals surface area contributed by atoms with Gasteiger partial charge in [-0.3, -0.25) is 0 Å². The number of hydrogen-bond donors (Lipinski definition) is 2. The first kappa shape index (κ1) is 13.4. The Morgan fingerprint density at radius 3 is 2.90 bits per heavy atom. The zero-order valence-electron chi connectivity index (χ0n) is 11.7. The number of oxazole rings is 1. The van der Waals surface area contributed by atoms with Gasteiger partial charge < -0.3 is 15.5 Å². The molecule has 5 heteroatoms. The Balaban J connectivity index is 2.10. The second-order valence-corrected chi connectivity index (χ2v) is 4.86. The first-order chi connectivity index (χ1) is 10.2. The minimum absolute atomic E-state index is 0.334. The maximum absolute atomic E-state index is 13.2. The van der Waals surface area contributed by atoms with Crippen LogP contribution >= 0.6 is 0 Å². The van der Waals surface area contributed by atoms with E-state index in [1.165, 1.54) is 12.1 Å². The maximum Gasteiger partial charge on any atom is 0.229 e. The van der Waals surface area contributed by atoms with Gasteiger partial charge in [-0.25, -0.2) is 9.37 Å². The molecule has 3 N–H and O–H groups in total. The lowest BCUT2D eigenvalue weighted by Gasteiger charge is -2.09. The SMILES string of the molecule is CCCNc1ccc(N)cc1-c1nc2cc(F)ccc2o1. The first-order valence-electron chi connectivity index (χ1n) is 6.87. The second-order valence-electron chi connectivity index (χ2n) is 4.86. The molecule has 0 aliphatic rings. The molecule has 2 aromatic carbocycles. The summed E-state index contributed by atoms with van der Waals surface area (Å²) in [5, 5.41) is 3.31. The minimum Gasteiger partial charge on any atom is -0.436 e. The number of nitrogens with one attached hydrogen (secondary N) is 1. The Morgan fingerprint density at radius 2 is 2.10 bits per heavy atom. The summed E-state index contributed by atoms with van der Waals surface area (Å²) in [6, 6.07) is 9.81. The van der Waals surface area contributed by atoms with Gasteiger partial charge in [0.25, 0.3) is 0 Å². The molecule has 0 unspecified atom stereocenters. The predicted octanol–water partition coefficient (Wildman–Crippen LogP) is 4.04. The van der Waals surface area contributed by atoms with Crippen molar-refractivity contribution in [1.82, 2.24) is 4.98 Å². The van der Waals surface area contributed by atoms with Crippen LogP contribution in [0.5, 0.6) is 0 Å². The number of halogens is 1. The molecule has 3 aromatic rings. The van der Waals surface area contributed by atoms with E-state index in [2.05, 4.69) is 17.2 Å². The van der Waals surface area contributed by atoms with E-state index in [1.807, 2.05) is 12.1 Å². The molecule has 0 amide bonds. The highest BCUT2D eigenvalue weighted by molar-refractivity contribution is 5.81. The van der Waals surface area contributed by atoms with Gasteiger partial charge in [-0.15, -0.1) is 0 Å². The number of nitrogens with zero attached hydrogens (tertiary/aromatic N) is 1. The normalized spacial score (nSPS) is 11.0. The smallest absolute Gasteiger partial charge is 0.229 e. The van der Waals surface area contributed by atoms with Crippen LogP contribution in [0.3, 0.4) is 0 Å². The number of benzene rings is 2. The number of aromatic nitrogens is 1. The number of anilines is 2. The average molecular weight is 285 g/mol. The molecule has 1 aromatic heterocycles. The Kier molecular flexibility index (Phi) is 3.48. The Hall–Kier alpha value is -2.56. The highest BCUT2D eigenvalue weighted by Crippen LogP contribution is 2.32. The standard InChI is InChI=1S/C16H16FN3O/c1-2-7-19-13-5-4-11(18)9-12(13)16-20-14-8-10(17)3-6-15(14)21-16/h3-6,8-9,19H,2,7,18H2,1H3. The van der Waals surface area contributed by atoms with Crippen molar-refractivity contribution in [3.8, 4) is 11.5 Å². The zero-order valence-corrected chi connectivity index (χ0v) is 11.7. The molecule has 108 valence electrons. The molecule has 0 spiro atoms. The van der Waals surface area contributed by atoms with Crippen LogP contribution in [-0.4, -0.2) is 11.5 Å². The van der Waals surface area contributed by atoms with Gasteiger partial charge in [-0.05, 0) is 36.8 Å². The van der Waals surface area contributed by atoms with E-state index < -0.39 is 0 Å². The molecule has 0 saturated heterocycles. The van der Waals surface area contributed by atoms with Crippen molar-refractivity contribution in [2.24, 2.45) is 0 Å². The van der Waals surface area contributed by atoms with E-state index in [4.69, 9.17) is 10.2 Å². The van der Waals surface area contributed by atoms with Gasteiger partial charge in [0.2, 0.25) is 5.89 Å². The fourth-order valence-corrected chi connectivity index (χ4v) is 2.17. The Bertz CT molecular complexity index is 782. The molecule has 21 heavy (non-hydrogen) atoms. The van der Waals surface area contributed by atoms with Crippen molar-refractivity contribution in [1.29, 1.82) is 0 Å². The number of rotatable bonds is 4. The van der Waals surface area contributed by atoms with E-state index >= 15 is 0 Å².